The van der Waals surface area contributed by atoms with E-state index in [-0.39, 0.29) is 11.9 Å². The van der Waals surface area contributed by atoms with Crippen molar-refractivity contribution >= 4 is 23.7 Å². The van der Waals surface area contributed by atoms with Crippen LogP contribution in [0.5, 0.6) is 0 Å². The number of nitrogens with one attached hydrogen (secondary N) is 2. The number of esters is 1. The molecule has 2 unspecified atom stereocenters. The van der Waals surface area contributed by atoms with Crippen molar-refractivity contribution in [3.05, 3.63) is 29.8 Å². The molecule has 0 radical (unpaired) electrons. The minimum Gasteiger partial charge on any atom is -0.479 e. The predicted octanol–water partition coefficient (Wildman–Crippen LogP) is 0.995. The van der Waals surface area contributed by atoms with Crippen molar-refractivity contribution in [3.63, 3.8) is 0 Å². The molecule has 0 spiro atoms. The minimum atomic E-state index is -2.04. The molecule has 0 bridgehead atoms. The van der Waals surface area contributed by atoms with Crippen molar-refractivity contribution in [2.24, 2.45) is 5.92 Å². The molecule has 0 aliphatic heterocycles. The van der Waals surface area contributed by atoms with Crippen LogP contribution in [0.4, 0.5) is 10.5 Å². The van der Waals surface area contributed by atoms with E-state index in [1.807, 2.05) is 0 Å². The smallest absolute Gasteiger partial charge is 0.337 e. The van der Waals surface area contributed by atoms with Crippen LogP contribution in [0.1, 0.15) is 19.4 Å². The number of rotatable bonds is 7. The zero-order valence-electron chi connectivity index (χ0n) is 13.8. The Hall–Kier alpha value is -2.61. The normalized spacial score (nSPS) is 14.2. The highest BCUT2D eigenvalue weighted by Crippen LogP contribution is 2.14. The number of hydrogen-bond acceptors (Lipinski definition) is 5. The first-order chi connectivity index (χ1) is 11.2. The molecule has 2 amide bonds. The maximum absolute atomic E-state index is 11.7. The summed E-state index contributed by atoms with van der Waals surface area (Å²) in [4.78, 5) is 33.8. The minimum absolute atomic E-state index is 0.268. The molecule has 24 heavy (non-hydrogen) atoms. The summed E-state index contributed by atoms with van der Waals surface area (Å²) in [7, 11) is 1.34. The Morgan fingerprint density at radius 2 is 1.83 bits per heavy atom. The van der Waals surface area contributed by atoms with E-state index in [2.05, 4.69) is 15.4 Å². The van der Waals surface area contributed by atoms with Crippen LogP contribution in [-0.2, 0) is 20.7 Å². The molecule has 2 atom stereocenters. The number of aliphatic hydroxyl groups is 1. The van der Waals surface area contributed by atoms with Crippen LogP contribution < -0.4 is 10.6 Å². The van der Waals surface area contributed by atoms with Crippen molar-refractivity contribution < 1.29 is 29.3 Å². The highest BCUT2D eigenvalue weighted by atomic mass is 16.5. The van der Waals surface area contributed by atoms with E-state index in [0.29, 0.717) is 12.1 Å². The largest absolute Gasteiger partial charge is 0.479 e. The average Bonchev–Trinajstić information content (AvgIpc) is 2.53. The van der Waals surface area contributed by atoms with Gasteiger partial charge in [-0.05, 0) is 31.0 Å². The Balaban J connectivity index is 2.53. The summed E-state index contributed by atoms with van der Waals surface area (Å²) < 4.78 is 4.67. The molecular weight excluding hydrogens is 316 g/mol. The van der Waals surface area contributed by atoms with Crippen LogP contribution in [0.3, 0.4) is 0 Å². The monoisotopic (exact) mass is 338 g/mol. The second kappa shape index (κ2) is 8.30. The number of benzene rings is 1. The van der Waals surface area contributed by atoms with Crippen molar-refractivity contribution in [1.29, 1.82) is 0 Å². The number of carboxylic acids is 1. The van der Waals surface area contributed by atoms with E-state index in [0.717, 1.165) is 12.5 Å². The third-order valence-corrected chi connectivity index (χ3v) is 3.41. The van der Waals surface area contributed by atoms with Gasteiger partial charge in [0.25, 0.3) is 0 Å². The maximum atomic E-state index is 11.7. The Morgan fingerprint density at radius 3 is 2.33 bits per heavy atom. The number of amides is 2. The standard InChI is InChI=1S/C16H22N2O6/c1-10(13(19)24-3)8-11-4-6-12(7-5-11)18-15(22)17-9-16(2,23)14(20)21/h4-7,10,23H,8-9H2,1-3H3,(H,20,21)(H2,17,18,22). The maximum Gasteiger partial charge on any atom is 0.337 e. The van der Waals surface area contributed by atoms with Gasteiger partial charge in [0.05, 0.1) is 19.6 Å². The predicted molar refractivity (Wildman–Crippen MR) is 86.6 cm³/mol. The number of ether oxygens (including phenoxy) is 1. The Labute approximate surface area is 139 Å². The lowest BCUT2D eigenvalue weighted by Gasteiger charge is -2.18. The van der Waals surface area contributed by atoms with Gasteiger partial charge < -0.3 is 25.6 Å². The molecule has 0 aromatic heterocycles. The molecule has 0 heterocycles. The number of urea groups is 1. The van der Waals surface area contributed by atoms with E-state index in [4.69, 9.17) is 5.11 Å². The molecule has 8 heteroatoms. The number of carbonyl (C=O) groups excluding carboxylic acids is 2. The quantitative estimate of drug-likeness (QED) is 0.550. The lowest BCUT2D eigenvalue weighted by atomic mass is 10.0. The summed E-state index contributed by atoms with van der Waals surface area (Å²) >= 11 is 0. The highest BCUT2D eigenvalue weighted by Gasteiger charge is 2.30. The topological polar surface area (TPSA) is 125 Å². The zero-order chi connectivity index (χ0) is 18.3. The number of aliphatic carboxylic acids is 1. The number of methoxy groups -OCH3 is 1. The Morgan fingerprint density at radius 1 is 1.25 bits per heavy atom. The fourth-order valence-electron chi connectivity index (χ4n) is 1.87. The van der Waals surface area contributed by atoms with Crippen LogP contribution in [-0.4, -0.2) is 47.4 Å². The van der Waals surface area contributed by atoms with Gasteiger partial charge >= 0.3 is 18.0 Å². The van der Waals surface area contributed by atoms with Crippen LogP contribution in [0, 0.1) is 5.92 Å². The van der Waals surface area contributed by atoms with Gasteiger partial charge in [0.15, 0.2) is 5.60 Å². The SMILES string of the molecule is COC(=O)C(C)Cc1ccc(NC(=O)NCC(C)(O)C(=O)O)cc1. The summed E-state index contributed by atoms with van der Waals surface area (Å²) in [5.41, 5.74) is -0.629. The van der Waals surface area contributed by atoms with Crippen molar-refractivity contribution in [1.82, 2.24) is 5.32 Å². The van der Waals surface area contributed by atoms with E-state index in [9.17, 15) is 19.5 Å². The van der Waals surface area contributed by atoms with Gasteiger partial charge in [-0.25, -0.2) is 9.59 Å². The molecule has 1 aromatic carbocycles. The summed E-state index contributed by atoms with van der Waals surface area (Å²) in [6, 6.07) is 6.22. The number of hydrogen-bond donors (Lipinski definition) is 4. The van der Waals surface area contributed by atoms with Crippen LogP contribution in [0.15, 0.2) is 24.3 Å². The fraction of sp³-hybridized carbons (Fsp3) is 0.438. The molecule has 0 saturated carbocycles. The molecule has 1 aromatic rings. The molecule has 0 aliphatic carbocycles. The Bertz CT molecular complexity index is 597. The van der Waals surface area contributed by atoms with E-state index >= 15 is 0 Å². The third-order valence-electron chi connectivity index (χ3n) is 3.41. The van der Waals surface area contributed by atoms with Crippen molar-refractivity contribution in [2.75, 3.05) is 19.0 Å². The second-order valence-electron chi connectivity index (χ2n) is 5.71. The van der Waals surface area contributed by atoms with Crippen molar-refractivity contribution in [2.45, 2.75) is 25.9 Å². The van der Waals surface area contributed by atoms with Crippen molar-refractivity contribution in [3.8, 4) is 0 Å². The van der Waals surface area contributed by atoms with Gasteiger partial charge in [0, 0.05) is 5.69 Å². The van der Waals surface area contributed by atoms with Gasteiger partial charge in [-0.15, -0.1) is 0 Å². The lowest BCUT2D eigenvalue weighted by molar-refractivity contribution is -0.155. The van der Waals surface area contributed by atoms with Crippen LogP contribution in [0.2, 0.25) is 0 Å². The molecule has 0 aliphatic rings. The molecule has 1 rings (SSSR count). The molecule has 0 fully saturated rings. The first-order valence-corrected chi connectivity index (χ1v) is 7.33. The summed E-state index contributed by atoms with van der Waals surface area (Å²) in [6.45, 7) is 2.43. The Kier molecular flexibility index (Phi) is 6.72. The second-order valence-corrected chi connectivity index (χ2v) is 5.71. The summed E-state index contributed by atoms with van der Waals surface area (Å²) in [6.07, 6.45) is 0.515. The summed E-state index contributed by atoms with van der Waals surface area (Å²) in [5, 5.41) is 23.1. The number of carboxylic acid groups (broad SMARTS) is 1. The third kappa shape index (κ3) is 5.88. The molecular formula is C16H22N2O6. The molecule has 4 N–H and O–H groups in total. The summed E-state index contributed by atoms with van der Waals surface area (Å²) in [5.74, 6) is -1.98. The first kappa shape index (κ1) is 19.4. The van der Waals surface area contributed by atoms with E-state index < -0.39 is 24.1 Å². The number of carbonyl (C=O) groups is 3. The molecule has 0 saturated heterocycles. The molecule has 8 nitrogen and oxygen atoms in total. The van der Waals surface area contributed by atoms with Gasteiger partial charge in [-0.1, -0.05) is 19.1 Å². The van der Waals surface area contributed by atoms with Gasteiger partial charge in [-0.3, -0.25) is 4.79 Å². The fourth-order valence-corrected chi connectivity index (χ4v) is 1.87. The average molecular weight is 338 g/mol. The van der Waals surface area contributed by atoms with Crippen LogP contribution in [0.25, 0.3) is 0 Å². The number of anilines is 1. The lowest BCUT2D eigenvalue weighted by Crippen LogP contribution is -2.47. The van der Waals surface area contributed by atoms with Crippen LogP contribution >= 0.6 is 0 Å². The first-order valence-electron chi connectivity index (χ1n) is 7.33. The van der Waals surface area contributed by atoms with Gasteiger partial charge in [0.2, 0.25) is 0 Å². The molecule has 132 valence electrons. The van der Waals surface area contributed by atoms with Gasteiger partial charge in [-0.2, -0.15) is 0 Å². The van der Waals surface area contributed by atoms with Gasteiger partial charge in [0.1, 0.15) is 0 Å². The van der Waals surface area contributed by atoms with E-state index in [1.54, 1.807) is 31.2 Å². The zero-order valence-corrected chi connectivity index (χ0v) is 13.8. The van der Waals surface area contributed by atoms with E-state index in [1.165, 1.54) is 7.11 Å². The highest BCUT2D eigenvalue weighted by molar-refractivity contribution is 5.90.